The van der Waals surface area contributed by atoms with Crippen molar-refractivity contribution in [2.45, 2.75) is 6.54 Å². The first-order chi connectivity index (χ1) is 14.0. The minimum absolute atomic E-state index is 0.0620. The molecule has 4 N–H and O–H groups in total. The highest BCUT2D eigenvalue weighted by Crippen LogP contribution is 2.11. The molecular formula is C17H21N5O8. The molecule has 0 fully saturated rings. The van der Waals surface area contributed by atoms with Crippen molar-refractivity contribution >= 4 is 23.4 Å². The van der Waals surface area contributed by atoms with E-state index < -0.39 is 16.9 Å². The van der Waals surface area contributed by atoms with Crippen LogP contribution >= 0.6 is 0 Å². The number of benzene rings is 1. The molecule has 1 aromatic heterocycles. The molecule has 162 valence electrons. The SMILES string of the molecule is Cn1c(NCCNCc2ccc([N+](=O)[O-])cc2)cc(=O)n(C)c1=O.O=C(O)C(=O)O. The standard InChI is InChI=1S/C15H19N5O4.C2H2O4/c1-18-13(9-14(21)19(2)15(18)22)17-8-7-16-10-11-3-5-12(6-4-11)20(23)24;3-1(4)2(5)6/h3-6,9,16-17H,7-8,10H2,1-2H3;(H,3,4)(H,5,6). The maximum Gasteiger partial charge on any atom is 0.414 e. The summed E-state index contributed by atoms with van der Waals surface area (Å²) < 4.78 is 2.41. The molecule has 0 spiro atoms. The van der Waals surface area contributed by atoms with Gasteiger partial charge in [-0.15, -0.1) is 0 Å². The highest BCUT2D eigenvalue weighted by Gasteiger charge is 2.06. The van der Waals surface area contributed by atoms with Crippen LogP contribution in [0.5, 0.6) is 0 Å². The lowest BCUT2D eigenvalue weighted by molar-refractivity contribution is -0.384. The molecule has 0 aliphatic rings. The van der Waals surface area contributed by atoms with Crippen molar-refractivity contribution in [3.8, 4) is 0 Å². The van der Waals surface area contributed by atoms with Crippen LogP contribution in [0.2, 0.25) is 0 Å². The van der Waals surface area contributed by atoms with Crippen molar-refractivity contribution in [3.63, 3.8) is 0 Å². The Morgan fingerprint density at radius 3 is 2.10 bits per heavy atom. The summed E-state index contributed by atoms with van der Waals surface area (Å²) in [5.74, 6) is -3.19. The van der Waals surface area contributed by atoms with Gasteiger partial charge in [-0.25, -0.2) is 14.4 Å². The molecule has 30 heavy (non-hydrogen) atoms. The molecule has 1 aromatic carbocycles. The summed E-state index contributed by atoms with van der Waals surface area (Å²) in [6.45, 7) is 1.68. The zero-order valence-corrected chi connectivity index (χ0v) is 16.2. The van der Waals surface area contributed by atoms with Gasteiger partial charge in [0.05, 0.1) is 4.92 Å². The van der Waals surface area contributed by atoms with E-state index in [9.17, 15) is 19.7 Å². The van der Waals surface area contributed by atoms with E-state index in [4.69, 9.17) is 19.8 Å². The summed E-state index contributed by atoms with van der Waals surface area (Å²) in [5.41, 5.74) is 0.247. The summed E-state index contributed by atoms with van der Waals surface area (Å²) in [6, 6.07) is 7.69. The van der Waals surface area contributed by atoms with E-state index in [2.05, 4.69) is 10.6 Å². The van der Waals surface area contributed by atoms with Crippen LogP contribution in [0.3, 0.4) is 0 Å². The zero-order valence-electron chi connectivity index (χ0n) is 16.2. The quantitative estimate of drug-likeness (QED) is 0.193. The third kappa shape index (κ3) is 7.20. The number of aromatic nitrogens is 2. The molecule has 0 atom stereocenters. The molecule has 0 unspecified atom stereocenters. The van der Waals surface area contributed by atoms with Crippen LogP contribution in [0.4, 0.5) is 11.5 Å². The fourth-order valence-electron chi connectivity index (χ4n) is 2.15. The van der Waals surface area contributed by atoms with Crippen molar-refractivity contribution in [1.29, 1.82) is 0 Å². The van der Waals surface area contributed by atoms with E-state index in [1.807, 2.05) is 0 Å². The fraction of sp³-hybridized carbons (Fsp3) is 0.294. The van der Waals surface area contributed by atoms with E-state index >= 15 is 0 Å². The molecule has 1 heterocycles. The Morgan fingerprint density at radius 1 is 1.03 bits per heavy atom. The highest BCUT2D eigenvalue weighted by atomic mass is 16.6. The monoisotopic (exact) mass is 423 g/mol. The number of aliphatic carboxylic acids is 2. The molecule has 0 radical (unpaired) electrons. The lowest BCUT2D eigenvalue weighted by Crippen LogP contribution is -2.38. The van der Waals surface area contributed by atoms with E-state index in [1.54, 1.807) is 19.2 Å². The summed E-state index contributed by atoms with van der Waals surface area (Å²) in [5, 5.41) is 31.6. The number of carboxylic acid groups (broad SMARTS) is 2. The number of anilines is 1. The first kappa shape index (κ1) is 24.0. The van der Waals surface area contributed by atoms with Crippen LogP contribution in [0.25, 0.3) is 0 Å². The Balaban J connectivity index is 0.000000656. The van der Waals surface area contributed by atoms with E-state index in [0.717, 1.165) is 10.1 Å². The number of carbonyl (C=O) groups is 2. The topological polar surface area (TPSA) is 186 Å². The molecule has 0 bridgehead atoms. The number of hydrogen-bond donors (Lipinski definition) is 4. The predicted molar refractivity (Wildman–Crippen MR) is 105 cm³/mol. The van der Waals surface area contributed by atoms with Crippen molar-refractivity contribution in [2.24, 2.45) is 14.1 Å². The van der Waals surface area contributed by atoms with E-state index in [-0.39, 0.29) is 16.9 Å². The summed E-state index contributed by atoms with van der Waals surface area (Å²) in [4.78, 5) is 51.7. The number of hydrogen-bond acceptors (Lipinski definition) is 8. The van der Waals surface area contributed by atoms with Crippen molar-refractivity contribution in [3.05, 3.63) is 66.8 Å². The molecule has 0 aliphatic heterocycles. The van der Waals surface area contributed by atoms with Gasteiger partial charge in [-0.05, 0) is 5.56 Å². The molecule has 13 nitrogen and oxygen atoms in total. The number of rotatable bonds is 7. The number of nitro benzene ring substituents is 1. The molecule has 0 aliphatic carbocycles. The molecular weight excluding hydrogens is 402 g/mol. The van der Waals surface area contributed by atoms with Crippen LogP contribution in [0.1, 0.15) is 5.56 Å². The smallest absolute Gasteiger partial charge is 0.414 e. The maximum absolute atomic E-state index is 11.8. The van der Waals surface area contributed by atoms with Gasteiger partial charge in [0.2, 0.25) is 0 Å². The third-order valence-corrected chi connectivity index (χ3v) is 3.79. The first-order valence-corrected chi connectivity index (χ1v) is 8.45. The maximum atomic E-state index is 11.8. The molecule has 0 saturated heterocycles. The average molecular weight is 423 g/mol. The van der Waals surface area contributed by atoms with Gasteiger partial charge in [0.15, 0.2) is 0 Å². The average Bonchev–Trinajstić information content (AvgIpc) is 2.70. The van der Waals surface area contributed by atoms with Gasteiger partial charge in [-0.3, -0.25) is 24.0 Å². The van der Waals surface area contributed by atoms with Gasteiger partial charge in [0.25, 0.3) is 11.2 Å². The summed E-state index contributed by atoms with van der Waals surface area (Å²) in [7, 11) is 3.02. The molecule has 0 amide bonds. The number of nitrogens with one attached hydrogen (secondary N) is 2. The van der Waals surface area contributed by atoms with E-state index in [1.165, 1.54) is 29.8 Å². The summed E-state index contributed by atoms with van der Waals surface area (Å²) >= 11 is 0. The van der Waals surface area contributed by atoms with Gasteiger partial charge in [0.1, 0.15) is 5.82 Å². The second-order valence-electron chi connectivity index (χ2n) is 5.91. The van der Waals surface area contributed by atoms with Crippen LogP contribution < -0.4 is 21.9 Å². The second kappa shape index (κ2) is 11.1. The fourth-order valence-corrected chi connectivity index (χ4v) is 2.15. The van der Waals surface area contributed by atoms with Gasteiger partial charge >= 0.3 is 17.6 Å². The predicted octanol–water partition coefficient (Wildman–Crippen LogP) is -0.650. The van der Waals surface area contributed by atoms with Crippen LogP contribution in [-0.4, -0.2) is 49.3 Å². The van der Waals surface area contributed by atoms with Crippen LogP contribution in [-0.2, 0) is 30.2 Å². The Labute approximate surface area is 169 Å². The van der Waals surface area contributed by atoms with Gasteiger partial charge in [-0.1, -0.05) is 12.1 Å². The van der Waals surface area contributed by atoms with Gasteiger partial charge in [-0.2, -0.15) is 0 Å². The largest absolute Gasteiger partial charge is 0.473 e. The Kier molecular flexibility index (Phi) is 8.90. The zero-order chi connectivity index (χ0) is 22.8. The number of nitrogens with zero attached hydrogens (tertiary/aromatic N) is 3. The first-order valence-electron chi connectivity index (χ1n) is 8.45. The highest BCUT2D eigenvalue weighted by molar-refractivity contribution is 6.27. The van der Waals surface area contributed by atoms with E-state index in [0.29, 0.717) is 25.5 Å². The number of non-ortho nitro benzene ring substituents is 1. The van der Waals surface area contributed by atoms with Crippen molar-refractivity contribution in [2.75, 3.05) is 18.4 Å². The molecule has 2 aromatic rings. The minimum atomic E-state index is -1.82. The summed E-state index contributed by atoms with van der Waals surface area (Å²) in [6.07, 6.45) is 0. The van der Waals surface area contributed by atoms with Crippen LogP contribution in [0.15, 0.2) is 39.9 Å². The Bertz CT molecular complexity index is 1010. The Hall–Kier alpha value is -4.00. The number of carboxylic acids is 2. The van der Waals surface area contributed by atoms with Crippen molar-refractivity contribution in [1.82, 2.24) is 14.5 Å². The van der Waals surface area contributed by atoms with Gasteiger partial charge in [0, 0.05) is 51.9 Å². The second-order valence-corrected chi connectivity index (χ2v) is 5.91. The molecule has 2 rings (SSSR count). The lowest BCUT2D eigenvalue weighted by Gasteiger charge is -2.12. The lowest BCUT2D eigenvalue weighted by atomic mass is 10.2. The normalized spacial score (nSPS) is 9.93. The minimum Gasteiger partial charge on any atom is -0.473 e. The molecule has 13 heteroatoms. The number of nitro groups is 1. The van der Waals surface area contributed by atoms with Crippen LogP contribution in [0, 0.1) is 10.1 Å². The third-order valence-electron chi connectivity index (χ3n) is 3.79. The van der Waals surface area contributed by atoms with Gasteiger partial charge < -0.3 is 20.8 Å². The molecule has 0 saturated carbocycles. The van der Waals surface area contributed by atoms with Crippen molar-refractivity contribution < 1.29 is 24.7 Å². The Morgan fingerprint density at radius 2 is 1.60 bits per heavy atom.